The average molecular weight is 483 g/mol. The second-order valence-electron chi connectivity index (χ2n) is 5.41. The van der Waals surface area contributed by atoms with Gasteiger partial charge in [-0.15, -0.1) is 0 Å². The van der Waals surface area contributed by atoms with Gasteiger partial charge in [0.2, 0.25) is 11.8 Å². The molecule has 0 atom stereocenters. The maximum atomic E-state index is 11.8. The third-order valence-corrected chi connectivity index (χ3v) is 4.47. The van der Waals surface area contributed by atoms with E-state index in [9.17, 15) is 14.7 Å². The van der Waals surface area contributed by atoms with Crippen LogP contribution in [0.4, 0.5) is 5.69 Å². The topological polar surface area (TPSA) is 90.8 Å². The molecule has 0 saturated carbocycles. The van der Waals surface area contributed by atoms with Gasteiger partial charge in [-0.25, -0.2) is 5.43 Å². The molecule has 26 heavy (non-hydrogen) atoms. The Morgan fingerprint density at radius 3 is 2.42 bits per heavy atom. The number of hydrogen-bond donors (Lipinski definition) is 3. The number of rotatable bonds is 7. The maximum absolute atomic E-state index is 11.8. The summed E-state index contributed by atoms with van der Waals surface area (Å²) in [5.74, 6) is -0.277. The Balaban J connectivity index is 1.68. The number of anilines is 1. The van der Waals surface area contributed by atoms with Crippen LogP contribution in [0.3, 0.4) is 0 Å². The van der Waals surface area contributed by atoms with Gasteiger partial charge in [-0.05, 0) is 70.4 Å². The predicted octanol–water partition coefficient (Wildman–Crippen LogP) is 4.18. The van der Waals surface area contributed by atoms with E-state index < -0.39 is 0 Å². The van der Waals surface area contributed by atoms with Crippen LogP contribution in [0.2, 0.25) is 0 Å². The second kappa shape index (κ2) is 10.1. The van der Waals surface area contributed by atoms with Gasteiger partial charge >= 0.3 is 0 Å². The number of hydrazone groups is 1. The smallest absolute Gasteiger partial charge is 0.240 e. The van der Waals surface area contributed by atoms with Crippen molar-refractivity contribution in [2.75, 3.05) is 5.32 Å². The number of aromatic hydroxyl groups is 1. The molecular formula is C18H17Br2N3O3. The van der Waals surface area contributed by atoms with Crippen molar-refractivity contribution in [2.45, 2.75) is 19.3 Å². The van der Waals surface area contributed by atoms with Gasteiger partial charge in [-0.1, -0.05) is 15.9 Å². The third kappa shape index (κ3) is 6.97. The molecule has 0 aromatic heterocycles. The molecule has 0 saturated heterocycles. The molecule has 2 aromatic rings. The quantitative estimate of drug-likeness (QED) is 0.408. The first-order chi connectivity index (χ1) is 12.4. The van der Waals surface area contributed by atoms with E-state index in [4.69, 9.17) is 0 Å². The molecule has 0 fully saturated rings. The molecule has 0 unspecified atom stereocenters. The normalized spacial score (nSPS) is 10.7. The Hall–Kier alpha value is -2.19. The molecule has 0 aliphatic carbocycles. The molecule has 2 aromatic carbocycles. The number of nitrogens with zero attached hydrogens (tertiary/aromatic N) is 1. The maximum Gasteiger partial charge on any atom is 0.240 e. The number of halogens is 2. The lowest BCUT2D eigenvalue weighted by molar-refractivity contribution is -0.121. The van der Waals surface area contributed by atoms with E-state index in [-0.39, 0.29) is 30.4 Å². The van der Waals surface area contributed by atoms with Crippen molar-refractivity contribution in [1.82, 2.24) is 5.43 Å². The van der Waals surface area contributed by atoms with Crippen LogP contribution in [0.25, 0.3) is 0 Å². The highest BCUT2D eigenvalue weighted by molar-refractivity contribution is 9.10. The Morgan fingerprint density at radius 1 is 1.04 bits per heavy atom. The highest BCUT2D eigenvalue weighted by Gasteiger charge is 2.05. The summed E-state index contributed by atoms with van der Waals surface area (Å²) in [5, 5.41) is 16.0. The van der Waals surface area contributed by atoms with E-state index in [1.165, 1.54) is 12.3 Å². The van der Waals surface area contributed by atoms with Gasteiger partial charge in [0, 0.05) is 23.0 Å². The van der Waals surface area contributed by atoms with Crippen LogP contribution in [0, 0.1) is 0 Å². The molecule has 0 heterocycles. The number of phenolic OH excluding ortho intramolecular Hbond substituents is 1. The molecule has 2 rings (SSSR count). The highest BCUT2D eigenvalue weighted by atomic mass is 79.9. The SMILES string of the molecule is O=C(CCCC(=O)Nc1ccc(Br)cc1)N/N=C/c1ccc(O)c(Br)c1. The predicted molar refractivity (Wildman–Crippen MR) is 108 cm³/mol. The van der Waals surface area contributed by atoms with Gasteiger partial charge < -0.3 is 10.4 Å². The number of phenols is 1. The summed E-state index contributed by atoms with van der Waals surface area (Å²) in [5.41, 5.74) is 3.85. The fraction of sp³-hybridized carbons (Fsp3) is 0.167. The number of amides is 2. The molecule has 0 radical (unpaired) electrons. The van der Waals surface area contributed by atoms with E-state index >= 15 is 0 Å². The molecule has 0 bridgehead atoms. The minimum absolute atomic E-state index is 0.132. The van der Waals surface area contributed by atoms with E-state index in [2.05, 4.69) is 47.7 Å². The van der Waals surface area contributed by atoms with Gasteiger partial charge in [0.25, 0.3) is 0 Å². The number of hydrogen-bond acceptors (Lipinski definition) is 4. The summed E-state index contributed by atoms with van der Waals surface area (Å²) in [6.07, 6.45) is 2.35. The fourth-order valence-corrected chi connectivity index (χ4v) is 2.67. The zero-order chi connectivity index (χ0) is 18.9. The van der Waals surface area contributed by atoms with Gasteiger partial charge in [-0.2, -0.15) is 5.10 Å². The van der Waals surface area contributed by atoms with Crippen molar-refractivity contribution < 1.29 is 14.7 Å². The Kier molecular flexibility index (Phi) is 7.80. The van der Waals surface area contributed by atoms with Crippen molar-refractivity contribution >= 4 is 55.6 Å². The standard InChI is InChI=1S/C18H17Br2N3O3/c19-13-5-7-14(8-6-13)22-17(25)2-1-3-18(26)23-21-11-12-4-9-16(24)15(20)10-12/h4-11,24H,1-3H2,(H,22,25)(H,23,26)/b21-11+. The van der Waals surface area contributed by atoms with Crippen molar-refractivity contribution in [2.24, 2.45) is 5.10 Å². The van der Waals surface area contributed by atoms with Crippen molar-refractivity contribution in [3.8, 4) is 5.75 Å². The summed E-state index contributed by atoms with van der Waals surface area (Å²) in [4.78, 5) is 23.5. The van der Waals surface area contributed by atoms with Crippen LogP contribution in [-0.2, 0) is 9.59 Å². The summed E-state index contributed by atoms with van der Waals surface area (Å²) < 4.78 is 1.48. The molecule has 2 amide bonds. The van der Waals surface area contributed by atoms with Gasteiger partial charge in [-0.3, -0.25) is 9.59 Å². The third-order valence-electron chi connectivity index (χ3n) is 3.31. The molecule has 6 nitrogen and oxygen atoms in total. The molecule has 136 valence electrons. The van der Waals surface area contributed by atoms with Crippen LogP contribution >= 0.6 is 31.9 Å². The Bertz CT molecular complexity index is 808. The lowest BCUT2D eigenvalue weighted by Gasteiger charge is -2.05. The minimum Gasteiger partial charge on any atom is -0.507 e. The first-order valence-electron chi connectivity index (χ1n) is 7.80. The molecule has 8 heteroatoms. The second-order valence-corrected chi connectivity index (χ2v) is 7.18. The Labute approximate surface area is 167 Å². The van der Waals surface area contributed by atoms with Gasteiger partial charge in [0.15, 0.2) is 0 Å². The molecule has 0 aliphatic heterocycles. The van der Waals surface area contributed by atoms with Crippen molar-refractivity contribution in [3.63, 3.8) is 0 Å². The average Bonchev–Trinajstić information content (AvgIpc) is 2.60. The number of carbonyl (C=O) groups excluding carboxylic acids is 2. The summed E-state index contributed by atoms with van der Waals surface area (Å²) in [7, 11) is 0. The molecule has 0 aliphatic rings. The van der Waals surface area contributed by atoms with E-state index in [0.29, 0.717) is 16.6 Å². The zero-order valence-corrected chi connectivity index (χ0v) is 16.9. The zero-order valence-electron chi connectivity index (χ0n) is 13.7. The minimum atomic E-state index is -0.268. The van der Waals surface area contributed by atoms with Crippen molar-refractivity contribution in [3.05, 3.63) is 57.0 Å². The van der Waals surface area contributed by atoms with Crippen LogP contribution in [-0.4, -0.2) is 23.1 Å². The molecular weight excluding hydrogens is 466 g/mol. The lowest BCUT2D eigenvalue weighted by Crippen LogP contribution is -2.18. The monoisotopic (exact) mass is 481 g/mol. The van der Waals surface area contributed by atoms with E-state index in [0.717, 1.165) is 10.0 Å². The van der Waals surface area contributed by atoms with Crippen LogP contribution < -0.4 is 10.7 Å². The molecule has 3 N–H and O–H groups in total. The first kappa shape index (κ1) is 20.1. The number of carbonyl (C=O) groups is 2. The van der Waals surface area contributed by atoms with Crippen molar-refractivity contribution in [1.29, 1.82) is 0 Å². The number of benzene rings is 2. The van der Waals surface area contributed by atoms with Crippen LogP contribution in [0.5, 0.6) is 5.75 Å². The number of nitrogens with one attached hydrogen (secondary N) is 2. The summed E-state index contributed by atoms with van der Waals surface area (Å²) >= 11 is 6.53. The first-order valence-corrected chi connectivity index (χ1v) is 9.38. The fourth-order valence-electron chi connectivity index (χ4n) is 2.00. The highest BCUT2D eigenvalue weighted by Crippen LogP contribution is 2.23. The van der Waals surface area contributed by atoms with E-state index in [1.807, 2.05) is 12.1 Å². The summed E-state index contributed by atoms with van der Waals surface area (Å²) in [6, 6.07) is 12.1. The lowest BCUT2D eigenvalue weighted by atomic mass is 10.2. The summed E-state index contributed by atoms with van der Waals surface area (Å²) in [6.45, 7) is 0. The molecule has 0 spiro atoms. The van der Waals surface area contributed by atoms with Gasteiger partial charge in [0.05, 0.1) is 10.7 Å². The van der Waals surface area contributed by atoms with Crippen LogP contribution in [0.15, 0.2) is 56.5 Å². The Morgan fingerprint density at radius 2 is 1.73 bits per heavy atom. The van der Waals surface area contributed by atoms with Crippen LogP contribution in [0.1, 0.15) is 24.8 Å². The van der Waals surface area contributed by atoms with Gasteiger partial charge in [0.1, 0.15) is 5.75 Å². The van der Waals surface area contributed by atoms with E-state index in [1.54, 1.807) is 24.3 Å². The largest absolute Gasteiger partial charge is 0.507 e.